The maximum atomic E-state index is 11.4. The van der Waals surface area contributed by atoms with E-state index in [-0.39, 0.29) is 17.5 Å². The molecule has 2 heterocycles. The average Bonchev–Trinajstić information content (AvgIpc) is 2.41. The number of hydrogen-bond donors (Lipinski definition) is 2. The fourth-order valence-corrected chi connectivity index (χ4v) is 3.98. The predicted molar refractivity (Wildman–Crippen MR) is 83.3 cm³/mol. The van der Waals surface area contributed by atoms with Crippen LogP contribution in [0.1, 0.15) is 19.8 Å². The van der Waals surface area contributed by atoms with E-state index in [0.29, 0.717) is 18.0 Å². The summed E-state index contributed by atoms with van der Waals surface area (Å²) in [5.41, 5.74) is 0. The lowest BCUT2D eigenvalue weighted by Gasteiger charge is -2.23. The van der Waals surface area contributed by atoms with E-state index in [1.807, 2.05) is 19.2 Å². The molecule has 0 spiro atoms. The van der Waals surface area contributed by atoms with Crippen molar-refractivity contribution < 1.29 is 8.42 Å². The molecule has 8 heteroatoms. The Kier molecular flexibility index (Phi) is 5.09. The fourth-order valence-electron chi connectivity index (χ4n) is 2.11. The minimum atomic E-state index is -2.83. The smallest absolute Gasteiger partial charge is 0.191 e. The molecule has 0 atom stereocenters. The Labute approximate surface area is 124 Å². The molecule has 1 aliphatic rings. The zero-order valence-corrected chi connectivity index (χ0v) is 13.4. The minimum absolute atomic E-state index is 0.164. The van der Waals surface area contributed by atoms with Gasteiger partial charge in [-0.3, -0.25) is 0 Å². The van der Waals surface area contributed by atoms with Crippen LogP contribution in [0, 0.1) is 0 Å². The zero-order valence-electron chi connectivity index (χ0n) is 11.7. The highest BCUT2D eigenvalue weighted by molar-refractivity contribution is 7.98. The van der Waals surface area contributed by atoms with E-state index < -0.39 is 9.84 Å². The number of rotatable bonds is 5. The molecule has 1 saturated heterocycles. The Morgan fingerprint density at radius 3 is 2.55 bits per heavy atom. The lowest BCUT2D eigenvalue weighted by molar-refractivity contribution is 0.558. The monoisotopic (exact) mass is 316 g/mol. The highest BCUT2D eigenvalue weighted by atomic mass is 32.2. The SMILES string of the molecule is CCNc1cc(NC2CCS(=O)(=O)CC2)nc(SC)n1. The molecule has 112 valence electrons. The van der Waals surface area contributed by atoms with Crippen LogP contribution in [-0.2, 0) is 9.84 Å². The van der Waals surface area contributed by atoms with Gasteiger partial charge in [0.25, 0.3) is 0 Å². The quantitative estimate of drug-likeness (QED) is 0.631. The van der Waals surface area contributed by atoms with Crippen molar-refractivity contribution in [2.24, 2.45) is 0 Å². The van der Waals surface area contributed by atoms with Crippen molar-refractivity contribution in [3.63, 3.8) is 0 Å². The van der Waals surface area contributed by atoms with Gasteiger partial charge in [-0.1, -0.05) is 11.8 Å². The molecular formula is C12H20N4O2S2. The summed E-state index contributed by atoms with van der Waals surface area (Å²) in [6.07, 6.45) is 3.21. The summed E-state index contributed by atoms with van der Waals surface area (Å²) in [5.74, 6) is 2.05. The van der Waals surface area contributed by atoms with Crippen LogP contribution in [0.3, 0.4) is 0 Å². The van der Waals surface area contributed by atoms with Crippen molar-refractivity contribution >= 4 is 33.2 Å². The minimum Gasteiger partial charge on any atom is -0.370 e. The second kappa shape index (κ2) is 6.62. The molecule has 0 bridgehead atoms. The van der Waals surface area contributed by atoms with Crippen LogP contribution in [0.4, 0.5) is 11.6 Å². The summed E-state index contributed by atoms with van der Waals surface area (Å²) in [6, 6.07) is 2.03. The molecule has 0 unspecified atom stereocenters. The number of hydrogen-bond acceptors (Lipinski definition) is 7. The Bertz CT molecular complexity index is 549. The number of thioether (sulfide) groups is 1. The number of nitrogens with one attached hydrogen (secondary N) is 2. The average molecular weight is 316 g/mol. The number of aromatic nitrogens is 2. The highest BCUT2D eigenvalue weighted by Gasteiger charge is 2.23. The van der Waals surface area contributed by atoms with Gasteiger partial charge < -0.3 is 10.6 Å². The van der Waals surface area contributed by atoms with Crippen LogP contribution in [0.5, 0.6) is 0 Å². The molecule has 0 amide bonds. The lowest BCUT2D eigenvalue weighted by atomic mass is 10.1. The molecule has 0 radical (unpaired) electrons. The van der Waals surface area contributed by atoms with Gasteiger partial charge in [-0.25, -0.2) is 18.4 Å². The van der Waals surface area contributed by atoms with Gasteiger partial charge in [0.2, 0.25) is 0 Å². The zero-order chi connectivity index (χ0) is 14.6. The topological polar surface area (TPSA) is 84.0 Å². The van der Waals surface area contributed by atoms with Crippen molar-refractivity contribution in [3.05, 3.63) is 6.07 Å². The first kappa shape index (κ1) is 15.4. The van der Waals surface area contributed by atoms with Crippen molar-refractivity contribution in [3.8, 4) is 0 Å². The molecule has 1 aromatic heterocycles. The van der Waals surface area contributed by atoms with Crippen molar-refractivity contribution in [1.82, 2.24) is 9.97 Å². The fraction of sp³-hybridized carbons (Fsp3) is 0.667. The maximum Gasteiger partial charge on any atom is 0.191 e. The predicted octanol–water partition coefficient (Wildman–Crippen LogP) is 1.62. The van der Waals surface area contributed by atoms with Crippen LogP contribution in [0.15, 0.2) is 11.2 Å². The van der Waals surface area contributed by atoms with Crippen LogP contribution in [0.2, 0.25) is 0 Å². The molecule has 2 rings (SSSR count). The number of anilines is 2. The molecule has 1 aromatic rings. The van der Waals surface area contributed by atoms with Crippen LogP contribution < -0.4 is 10.6 Å². The van der Waals surface area contributed by atoms with E-state index in [1.165, 1.54) is 11.8 Å². The Morgan fingerprint density at radius 1 is 1.30 bits per heavy atom. The van der Waals surface area contributed by atoms with Gasteiger partial charge in [-0.05, 0) is 26.0 Å². The summed E-state index contributed by atoms with van der Waals surface area (Å²) in [5, 5.41) is 7.20. The van der Waals surface area contributed by atoms with Crippen LogP contribution >= 0.6 is 11.8 Å². The van der Waals surface area contributed by atoms with E-state index in [0.717, 1.165) is 18.2 Å². The lowest BCUT2D eigenvalue weighted by Crippen LogP contribution is -2.32. The van der Waals surface area contributed by atoms with Gasteiger partial charge in [0, 0.05) is 18.7 Å². The van der Waals surface area contributed by atoms with Gasteiger partial charge in [-0.2, -0.15) is 0 Å². The number of sulfone groups is 1. The van der Waals surface area contributed by atoms with E-state index in [9.17, 15) is 8.42 Å². The van der Waals surface area contributed by atoms with Gasteiger partial charge >= 0.3 is 0 Å². The molecule has 2 N–H and O–H groups in total. The summed E-state index contributed by atoms with van der Waals surface area (Å²) >= 11 is 1.49. The van der Waals surface area contributed by atoms with Crippen molar-refractivity contribution in [2.45, 2.75) is 31.0 Å². The molecule has 0 aliphatic carbocycles. The Balaban J connectivity index is 2.07. The van der Waals surface area contributed by atoms with Gasteiger partial charge in [0.1, 0.15) is 21.5 Å². The molecule has 0 saturated carbocycles. The first-order valence-corrected chi connectivity index (χ1v) is 9.71. The summed E-state index contributed by atoms with van der Waals surface area (Å²) in [7, 11) is -2.83. The molecule has 6 nitrogen and oxygen atoms in total. The van der Waals surface area contributed by atoms with Gasteiger partial charge in [0.15, 0.2) is 5.16 Å². The Morgan fingerprint density at radius 2 is 1.95 bits per heavy atom. The molecule has 20 heavy (non-hydrogen) atoms. The summed E-state index contributed by atoms with van der Waals surface area (Å²) in [6.45, 7) is 2.81. The van der Waals surface area contributed by atoms with Gasteiger partial charge in [-0.15, -0.1) is 0 Å². The number of nitrogens with zero attached hydrogens (tertiary/aromatic N) is 2. The third-order valence-corrected chi connectivity index (χ3v) is 5.42. The first-order chi connectivity index (χ1) is 9.52. The largest absolute Gasteiger partial charge is 0.370 e. The van der Waals surface area contributed by atoms with Crippen LogP contribution in [-0.4, -0.2) is 48.7 Å². The highest BCUT2D eigenvalue weighted by Crippen LogP contribution is 2.21. The Hall–Kier alpha value is -1.02. The third kappa shape index (κ3) is 4.24. The standard InChI is InChI=1S/C12H20N4O2S2/c1-3-13-10-8-11(16-12(15-10)19-2)14-9-4-6-20(17,18)7-5-9/h8-9H,3-7H2,1-2H3,(H2,13,14,15,16). The molecule has 0 aromatic carbocycles. The van der Waals surface area contributed by atoms with E-state index in [1.54, 1.807) is 0 Å². The second-order valence-electron chi connectivity index (χ2n) is 4.73. The molecule has 1 aliphatic heterocycles. The van der Waals surface area contributed by atoms with Gasteiger partial charge in [0.05, 0.1) is 11.5 Å². The summed E-state index contributed by atoms with van der Waals surface area (Å²) in [4.78, 5) is 8.78. The van der Waals surface area contributed by atoms with Crippen LogP contribution in [0.25, 0.3) is 0 Å². The molecular weight excluding hydrogens is 296 g/mol. The van der Waals surface area contributed by atoms with E-state index >= 15 is 0 Å². The van der Waals surface area contributed by atoms with Crippen molar-refractivity contribution in [1.29, 1.82) is 0 Å². The first-order valence-electron chi connectivity index (χ1n) is 6.66. The van der Waals surface area contributed by atoms with E-state index in [2.05, 4.69) is 20.6 Å². The summed E-state index contributed by atoms with van der Waals surface area (Å²) < 4.78 is 22.8. The maximum absolute atomic E-state index is 11.4. The van der Waals surface area contributed by atoms with Crippen molar-refractivity contribution in [2.75, 3.05) is 34.9 Å². The normalized spacial score (nSPS) is 18.7. The molecule has 1 fully saturated rings. The van der Waals surface area contributed by atoms with E-state index in [4.69, 9.17) is 0 Å². The second-order valence-corrected chi connectivity index (χ2v) is 7.80. The third-order valence-electron chi connectivity index (χ3n) is 3.15.